The number of benzene rings is 3. The first-order valence-electron chi connectivity index (χ1n) is 12.7. The summed E-state index contributed by atoms with van der Waals surface area (Å²) in [5.74, 6) is -0.520. The molecule has 0 aromatic heterocycles. The van der Waals surface area contributed by atoms with Gasteiger partial charge in [-0.3, -0.25) is 9.59 Å². The molecule has 0 spiro atoms. The van der Waals surface area contributed by atoms with Gasteiger partial charge in [0.25, 0.3) is 0 Å². The lowest BCUT2D eigenvalue weighted by molar-refractivity contribution is -0.167. The van der Waals surface area contributed by atoms with Gasteiger partial charge in [-0.15, -0.1) is 0 Å². The highest BCUT2D eigenvalue weighted by atomic mass is 16.6. The van der Waals surface area contributed by atoms with E-state index in [-0.39, 0.29) is 19.1 Å². The minimum Gasteiger partial charge on any atom is -0.460 e. The van der Waals surface area contributed by atoms with E-state index in [9.17, 15) is 9.59 Å². The van der Waals surface area contributed by atoms with Gasteiger partial charge in [0.05, 0.1) is 0 Å². The van der Waals surface area contributed by atoms with Crippen molar-refractivity contribution in [1.82, 2.24) is 0 Å². The van der Waals surface area contributed by atoms with Crippen molar-refractivity contribution >= 4 is 11.9 Å². The SMILES string of the molecule is O=C(OCc1ccccc1)C(C(=O)OCc1ccccc1)[C@@H]1CC[C@H]2[C@@H]1CC[C@@H]2c1ccccc1. The highest BCUT2D eigenvalue weighted by Gasteiger charge is 2.52. The molecule has 35 heavy (non-hydrogen) atoms. The molecule has 4 atom stereocenters. The maximum atomic E-state index is 13.4. The van der Waals surface area contributed by atoms with Crippen LogP contribution in [0.3, 0.4) is 0 Å². The quantitative estimate of drug-likeness (QED) is 0.287. The summed E-state index contributed by atoms with van der Waals surface area (Å²) >= 11 is 0. The second-order valence-electron chi connectivity index (χ2n) is 9.83. The maximum absolute atomic E-state index is 13.4. The van der Waals surface area contributed by atoms with E-state index in [2.05, 4.69) is 30.3 Å². The summed E-state index contributed by atoms with van der Waals surface area (Å²) in [6, 6.07) is 29.9. The van der Waals surface area contributed by atoms with Gasteiger partial charge in [0.2, 0.25) is 0 Å². The Hall–Kier alpha value is -3.40. The van der Waals surface area contributed by atoms with E-state index >= 15 is 0 Å². The van der Waals surface area contributed by atoms with Crippen molar-refractivity contribution < 1.29 is 19.1 Å². The summed E-state index contributed by atoms with van der Waals surface area (Å²) in [6.07, 6.45) is 4.01. The van der Waals surface area contributed by atoms with Crippen LogP contribution >= 0.6 is 0 Å². The molecule has 2 saturated carbocycles. The van der Waals surface area contributed by atoms with Crippen molar-refractivity contribution in [3.05, 3.63) is 108 Å². The zero-order valence-electron chi connectivity index (χ0n) is 19.9. The van der Waals surface area contributed by atoms with E-state index in [1.807, 2.05) is 60.7 Å². The van der Waals surface area contributed by atoms with E-state index in [1.165, 1.54) is 5.56 Å². The summed E-state index contributed by atoms with van der Waals surface area (Å²) in [6.45, 7) is 0.325. The number of hydrogen-bond acceptors (Lipinski definition) is 4. The summed E-state index contributed by atoms with van der Waals surface area (Å²) in [5, 5.41) is 0. The molecule has 3 aromatic carbocycles. The molecule has 0 heterocycles. The predicted molar refractivity (Wildman–Crippen MR) is 134 cm³/mol. The summed E-state index contributed by atoms with van der Waals surface area (Å²) in [5.41, 5.74) is 3.19. The molecule has 4 heteroatoms. The fraction of sp³-hybridized carbons (Fsp3) is 0.355. The zero-order chi connectivity index (χ0) is 24.0. The van der Waals surface area contributed by atoms with Crippen LogP contribution in [-0.4, -0.2) is 11.9 Å². The van der Waals surface area contributed by atoms with Gasteiger partial charge in [-0.25, -0.2) is 0 Å². The molecule has 0 bridgehead atoms. The Labute approximate surface area is 207 Å². The first-order chi connectivity index (χ1) is 17.2. The fourth-order valence-corrected chi connectivity index (χ4v) is 6.26. The Balaban J connectivity index is 1.32. The molecular weight excluding hydrogens is 436 g/mol. The Morgan fingerprint density at radius 1 is 0.629 bits per heavy atom. The van der Waals surface area contributed by atoms with Crippen LogP contribution in [0.25, 0.3) is 0 Å². The van der Waals surface area contributed by atoms with Crippen molar-refractivity contribution in [2.75, 3.05) is 0 Å². The molecule has 0 aliphatic heterocycles. The van der Waals surface area contributed by atoms with Crippen LogP contribution in [0.5, 0.6) is 0 Å². The van der Waals surface area contributed by atoms with Gasteiger partial charge in [-0.2, -0.15) is 0 Å². The van der Waals surface area contributed by atoms with Crippen LogP contribution in [0.4, 0.5) is 0 Å². The minimum absolute atomic E-state index is 0.0414. The fourth-order valence-electron chi connectivity index (χ4n) is 6.26. The second-order valence-corrected chi connectivity index (χ2v) is 9.83. The van der Waals surface area contributed by atoms with Crippen molar-refractivity contribution in [2.45, 2.75) is 44.8 Å². The van der Waals surface area contributed by atoms with Gasteiger partial charge in [0, 0.05) is 0 Å². The lowest BCUT2D eigenvalue weighted by Crippen LogP contribution is -2.36. The lowest BCUT2D eigenvalue weighted by atomic mass is 9.80. The molecule has 4 nitrogen and oxygen atoms in total. The monoisotopic (exact) mass is 468 g/mol. The number of hydrogen-bond donors (Lipinski definition) is 0. The first kappa shape index (κ1) is 23.3. The van der Waals surface area contributed by atoms with E-state index in [0.29, 0.717) is 17.8 Å². The molecule has 5 rings (SSSR count). The van der Waals surface area contributed by atoms with Gasteiger partial charge in [0.15, 0.2) is 5.92 Å². The molecule has 3 aromatic rings. The van der Waals surface area contributed by atoms with Gasteiger partial charge in [-0.1, -0.05) is 91.0 Å². The van der Waals surface area contributed by atoms with Crippen LogP contribution in [0.2, 0.25) is 0 Å². The van der Waals surface area contributed by atoms with E-state index in [4.69, 9.17) is 9.47 Å². The summed E-state index contributed by atoms with van der Waals surface area (Å²) in [7, 11) is 0. The minimum atomic E-state index is -0.882. The third kappa shape index (κ3) is 5.32. The molecular formula is C31H32O4. The smallest absolute Gasteiger partial charge is 0.320 e. The summed E-state index contributed by atoms with van der Waals surface area (Å²) in [4.78, 5) is 26.7. The summed E-state index contributed by atoms with van der Waals surface area (Å²) < 4.78 is 11.4. The third-order valence-electron chi connectivity index (χ3n) is 7.87. The molecule has 0 saturated heterocycles. The number of esters is 2. The van der Waals surface area contributed by atoms with Gasteiger partial charge >= 0.3 is 11.9 Å². The number of rotatable bonds is 8. The Bertz CT molecular complexity index is 1060. The third-order valence-corrected chi connectivity index (χ3v) is 7.87. The van der Waals surface area contributed by atoms with Gasteiger partial charge in [-0.05, 0) is 66.0 Å². The predicted octanol–water partition coefficient (Wildman–Crippen LogP) is 6.31. The molecule has 0 N–H and O–H groups in total. The second kappa shape index (κ2) is 10.9. The van der Waals surface area contributed by atoms with Crippen molar-refractivity contribution in [2.24, 2.45) is 23.7 Å². The number of carbonyl (C=O) groups is 2. The molecule has 2 aliphatic rings. The van der Waals surface area contributed by atoms with Gasteiger partial charge in [0.1, 0.15) is 13.2 Å². The Morgan fingerprint density at radius 2 is 1.11 bits per heavy atom. The van der Waals surface area contributed by atoms with Crippen LogP contribution in [0.1, 0.15) is 48.3 Å². The van der Waals surface area contributed by atoms with Crippen LogP contribution in [0.15, 0.2) is 91.0 Å². The van der Waals surface area contributed by atoms with Gasteiger partial charge < -0.3 is 9.47 Å². The standard InChI is InChI=1S/C31H32O4/c32-30(34-20-22-10-4-1-5-11-22)29(31(33)35-21-23-12-6-2-7-13-23)28-19-18-26-25(16-17-27(26)28)24-14-8-3-9-15-24/h1-15,25-29H,16-21H2/t25-,26-,27+,28-/m1/s1. The molecule has 0 unspecified atom stereocenters. The highest BCUT2D eigenvalue weighted by Crippen LogP contribution is 2.56. The Kier molecular flexibility index (Phi) is 7.27. The van der Waals surface area contributed by atoms with Crippen molar-refractivity contribution in [3.8, 4) is 0 Å². The average molecular weight is 469 g/mol. The van der Waals surface area contributed by atoms with Crippen LogP contribution in [0, 0.1) is 23.7 Å². The highest BCUT2D eigenvalue weighted by molar-refractivity contribution is 5.95. The van der Waals surface area contributed by atoms with Crippen LogP contribution < -0.4 is 0 Å². The maximum Gasteiger partial charge on any atom is 0.320 e. The molecule has 0 amide bonds. The zero-order valence-corrected chi connectivity index (χ0v) is 19.9. The Morgan fingerprint density at radius 3 is 1.66 bits per heavy atom. The first-order valence-corrected chi connectivity index (χ1v) is 12.7. The normalized spacial score (nSPS) is 23.1. The van der Waals surface area contributed by atoms with Crippen molar-refractivity contribution in [1.29, 1.82) is 0 Å². The van der Waals surface area contributed by atoms with E-state index in [1.54, 1.807) is 0 Å². The average Bonchev–Trinajstić information content (AvgIpc) is 3.51. The van der Waals surface area contributed by atoms with Crippen LogP contribution in [-0.2, 0) is 32.3 Å². The van der Waals surface area contributed by atoms with Crippen molar-refractivity contribution in [3.63, 3.8) is 0 Å². The molecule has 2 aliphatic carbocycles. The topological polar surface area (TPSA) is 52.6 Å². The molecule has 0 radical (unpaired) electrons. The van der Waals surface area contributed by atoms with E-state index < -0.39 is 17.9 Å². The van der Waals surface area contributed by atoms with E-state index in [0.717, 1.165) is 36.8 Å². The number of fused-ring (bicyclic) bond motifs is 1. The number of carbonyl (C=O) groups excluding carboxylic acids is 2. The molecule has 2 fully saturated rings. The molecule has 180 valence electrons. The lowest BCUT2D eigenvalue weighted by Gasteiger charge is -2.26. The number of ether oxygens (including phenoxy) is 2. The largest absolute Gasteiger partial charge is 0.460 e.